The Labute approximate surface area is 111 Å². The smallest absolute Gasteiger partial charge is 0.315 e. The van der Waals surface area contributed by atoms with Crippen LogP contribution in [-0.4, -0.2) is 53.3 Å². The average Bonchev–Trinajstić information content (AvgIpc) is 2.93. The molecule has 2 fully saturated rings. The lowest BCUT2D eigenvalue weighted by molar-refractivity contribution is 0.113. The molecule has 6 heteroatoms. The first-order valence-corrected chi connectivity index (χ1v) is 6.50. The van der Waals surface area contributed by atoms with E-state index in [2.05, 4.69) is 0 Å². The van der Waals surface area contributed by atoms with Gasteiger partial charge < -0.3 is 15.7 Å². The molecule has 1 aliphatic carbocycles. The van der Waals surface area contributed by atoms with Gasteiger partial charge in [0.15, 0.2) is 0 Å². The van der Waals surface area contributed by atoms with E-state index in [1.165, 1.54) is 6.08 Å². The molecule has 2 heterocycles. The van der Waals surface area contributed by atoms with Crippen molar-refractivity contribution in [3.63, 3.8) is 0 Å². The molecule has 3 atom stereocenters. The second-order valence-corrected chi connectivity index (χ2v) is 5.70. The van der Waals surface area contributed by atoms with Crippen molar-refractivity contribution >= 4 is 6.03 Å². The lowest BCUT2D eigenvalue weighted by atomic mass is 9.73. The van der Waals surface area contributed by atoms with Crippen LogP contribution in [0.4, 0.5) is 9.18 Å². The number of likely N-dealkylation sites (tertiary alicyclic amines) is 2. The Kier molecular flexibility index (Phi) is 2.87. The maximum absolute atomic E-state index is 13.5. The summed E-state index contributed by atoms with van der Waals surface area (Å²) in [6, 6.07) is -0.620. The Morgan fingerprint density at radius 3 is 3.00 bits per heavy atom. The van der Waals surface area contributed by atoms with E-state index in [1.807, 2.05) is 4.90 Å². The molecule has 2 amide bonds. The number of nitrogens with zero attached hydrogens (tertiary/aromatic N) is 2. The molecule has 104 valence electrons. The van der Waals surface area contributed by atoms with Crippen LogP contribution < -0.4 is 5.73 Å². The lowest BCUT2D eigenvalue weighted by Gasteiger charge is -2.30. The first-order valence-electron chi connectivity index (χ1n) is 6.50. The number of aliphatic hydroxyl groups is 1. The summed E-state index contributed by atoms with van der Waals surface area (Å²) in [6.07, 6.45) is 5.57. The minimum Gasteiger partial charge on any atom is -0.381 e. The Morgan fingerprint density at radius 2 is 2.37 bits per heavy atom. The highest BCUT2D eigenvalue weighted by Crippen LogP contribution is 2.49. The minimum absolute atomic E-state index is 0.00224. The summed E-state index contributed by atoms with van der Waals surface area (Å²) in [5.74, 6) is -0.309. The predicted octanol–water partition coefficient (Wildman–Crippen LogP) is 0.431. The predicted molar refractivity (Wildman–Crippen MR) is 67.6 cm³/mol. The standard InChI is InChI=1S/C13H18FN3O2/c14-9-1-2-11-10(5-9)13(7-17(11)12(15)19)3-4-16(6-13)8-18/h1-2,5,10-11,18H,3-4,6-8H2,(H2,15,19)/t10?,11-,13?/m0/s1. The summed E-state index contributed by atoms with van der Waals surface area (Å²) < 4.78 is 13.5. The third-order valence-corrected chi connectivity index (χ3v) is 4.66. The number of aliphatic hydroxyl groups excluding tert-OH is 1. The molecule has 2 saturated heterocycles. The Hall–Kier alpha value is -1.40. The van der Waals surface area contributed by atoms with Gasteiger partial charge in [0.1, 0.15) is 5.83 Å². The molecular weight excluding hydrogens is 249 g/mol. The van der Waals surface area contributed by atoms with Crippen molar-refractivity contribution in [1.82, 2.24) is 9.80 Å². The number of fused-ring (bicyclic) bond motifs is 2. The molecule has 1 spiro atoms. The van der Waals surface area contributed by atoms with E-state index in [4.69, 9.17) is 5.73 Å². The highest BCUT2D eigenvalue weighted by atomic mass is 19.1. The zero-order valence-electron chi connectivity index (χ0n) is 10.6. The Balaban J connectivity index is 1.94. The largest absolute Gasteiger partial charge is 0.381 e. The van der Waals surface area contributed by atoms with Gasteiger partial charge >= 0.3 is 6.03 Å². The van der Waals surface area contributed by atoms with Crippen LogP contribution in [0.3, 0.4) is 0 Å². The molecule has 2 unspecified atom stereocenters. The summed E-state index contributed by atoms with van der Waals surface area (Å²) in [5.41, 5.74) is 5.24. The third kappa shape index (κ3) is 1.86. The molecule has 3 rings (SSSR count). The number of nitrogens with two attached hydrogens (primary N) is 1. The Bertz CT molecular complexity index is 465. The molecule has 19 heavy (non-hydrogen) atoms. The molecule has 0 bridgehead atoms. The van der Waals surface area contributed by atoms with Gasteiger partial charge in [0.25, 0.3) is 0 Å². The van der Waals surface area contributed by atoms with Crippen LogP contribution in [0.5, 0.6) is 0 Å². The number of rotatable bonds is 1. The van der Waals surface area contributed by atoms with Gasteiger partial charge in [-0.25, -0.2) is 9.18 Å². The molecule has 0 aromatic heterocycles. The lowest BCUT2D eigenvalue weighted by Crippen LogP contribution is -2.40. The van der Waals surface area contributed by atoms with Crippen LogP contribution in [0.15, 0.2) is 24.1 Å². The maximum Gasteiger partial charge on any atom is 0.315 e. The normalized spacial score (nSPS) is 37.8. The van der Waals surface area contributed by atoms with Gasteiger partial charge in [-0.15, -0.1) is 0 Å². The van der Waals surface area contributed by atoms with Crippen molar-refractivity contribution in [2.24, 2.45) is 17.1 Å². The number of halogens is 1. The molecule has 2 aliphatic heterocycles. The van der Waals surface area contributed by atoms with E-state index in [1.54, 1.807) is 17.1 Å². The first kappa shape index (κ1) is 12.6. The molecule has 3 aliphatic rings. The van der Waals surface area contributed by atoms with E-state index in [9.17, 15) is 14.3 Å². The van der Waals surface area contributed by atoms with Gasteiger partial charge in [0.2, 0.25) is 0 Å². The summed E-state index contributed by atoms with van der Waals surface area (Å²) in [5, 5.41) is 9.25. The molecule has 0 saturated carbocycles. The van der Waals surface area contributed by atoms with Crippen molar-refractivity contribution in [3.8, 4) is 0 Å². The average molecular weight is 267 g/mol. The highest BCUT2D eigenvalue weighted by Gasteiger charge is 2.55. The Morgan fingerprint density at radius 1 is 1.58 bits per heavy atom. The van der Waals surface area contributed by atoms with Crippen LogP contribution in [-0.2, 0) is 0 Å². The van der Waals surface area contributed by atoms with Gasteiger partial charge in [0.05, 0.1) is 12.8 Å². The van der Waals surface area contributed by atoms with Crippen LogP contribution in [0, 0.1) is 11.3 Å². The topological polar surface area (TPSA) is 69.8 Å². The number of urea groups is 1. The van der Waals surface area contributed by atoms with Crippen LogP contribution in [0.1, 0.15) is 6.42 Å². The second kappa shape index (κ2) is 4.31. The third-order valence-electron chi connectivity index (χ3n) is 4.66. The van der Waals surface area contributed by atoms with E-state index in [-0.39, 0.29) is 29.9 Å². The van der Waals surface area contributed by atoms with E-state index < -0.39 is 6.03 Å². The molecule has 3 N–H and O–H groups in total. The fourth-order valence-electron chi connectivity index (χ4n) is 3.75. The van der Waals surface area contributed by atoms with E-state index in [0.717, 1.165) is 13.0 Å². The SMILES string of the molecule is NC(=O)N1CC2(CCN(CO)C2)C2C=C(F)C=C[C@@H]21. The van der Waals surface area contributed by atoms with Gasteiger partial charge in [0, 0.05) is 31.0 Å². The number of allylic oxidation sites excluding steroid dienone is 2. The molecular formula is C13H18FN3O2. The molecule has 0 aromatic carbocycles. The number of primary amides is 1. The number of hydrogen-bond donors (Lipinski definition) is 2. The minimum atomic E-state index is -0.463. The quantitative estimate of drug-likeness (QED) is 0.724. The van der Waals surface area contributed by atoms with Crippen molar-refractivity contribution < 1.29 is 14.3 Å². The van der Waals surface area contributed by atoms with Crippen molar-refractivity contribution in [3.05, 3.63) is 24.1 Å². The molecule has 5 nitrogen and oxygen atoms in total. The van der Waals surface area contributed by atoms with Crippen LogP contribution >= 0.6 is 0 Å². The second-order valence-electron chi connectivity index (χ2n) is 5.70. The monoisotopic (exact) mass is 267 g/mol. The zero-order valence-corrected chi connectivity index (χ0v) is 10.6. The summed E-state index contributed by atoms with van der Waals surface area (Å²) >= 11 is 0. The van der Waals surface area contributed by atoms with Gasteiger partial charge in [-0.05, 0) is 18.6 Å². The van der Waals surface area contributed by atoms with E-state index in [0.29, 0.717) is 13.1 Å². The van der Waals surface area contributed by atoms with Crippen molar-refractivity contribution in [1.29, 1.82) is 0 Å². The first-order chi connectivity index (χ1) is 9.05. The fraction of sp³-hybridized carbons (Fsp3) is 0.615. The summed E-state index contributed by atoms with van der Waals surface area (Å²) in [6.45, 7) is 1.97. The zero-order chi connectivity index (χ0) is 13.6. The van der Waals surface area contributed by atoms with E-state index >= 15 is 0 Å². The number of carbonyl (C=O) groups is 1. The number of hydrogen-bond acceptors (Lipinski definition) is 3. The van der Waals surface area contributed by atoms with Crippen LogP contribution in [0.25, 0.3) is 0 Å². The highest BCUT2D eigenvalue weighted by molar-refractivity contribution is 5.73. The van der Waals surface area contributed by atoms with Gasteiger partial charge in [-0.1, -0.05) is 6.08 Å². The van der Waals surface area contributed by atoms with Crippen LogP contribution in [0.2, 0.25) is 0 Å². The number of amides is 2. The fourth-order valence-corrected chi connectivity index (χ4v) is 3.75. The van der Waals surface area contributed by atoms with Gasteiger partial charge in [-0.2, -0.15) is 0 Å². The molecule has 0 aromatic rings. The van der Waals surface area contributed by atoms with Crippen molar-refractivity contribution in [2.45, 2.75) is 12.5 Å². The summed E-state index contributed by atoms with van der Waals surface area (Å²) in [7, 11) is 0. The maximum atomic E-state index is 13.5. The summed E-state index contributed by atoms with van der Waals surface area (Å²) in [4.78, 5) is 15.1. The van der Waals surface area contributed by atoms with Gasteiger partial charge in [-0.3, -0.25) is 4.90 Å². The molecule has 0 radical (unpaired) electrons. The van der Waals surface area contributed by atoms with Crippen molar-refractivity contribution in [2.75, 3.05) is 26.4 Å². The number of carbonyl (C=O) groups excluding carboxylic acids is 1.